The minimum absolute atomic E-state index is 0.00741. The number of hydrogen-bond donors (Lipinski definition) is 1. The van der Waals surface area contributed by atoms with Crippen LogP contribution in [0.1, 0.15) is 35.1 Å². The minimum Gasteiger partial charge on any atom is -0.355 e. The topological polar surface area (TPSA) is 62.5 Å². The SMILES string of the molecule is Cc1ccc(C)c(-c2cc3c(N4CCC(C(=O)Nc5ccc(C)c(C)c5)CC4)nccn3n2)c1. The molecule has 0 radical (unpaired) electrons. The number of hydrogen-bond acceptors (Lipinski definition) is 4. The van der Waals surface area contributed by atoms with E-state index >= 15 is 0 Å². The molecule has 0 atom stereocenters. The fourth-order valence-corrected chi connectivity index (χ4v) is 4.71. The van der Waals surface area contributed by atoms with Gasteiger partial charge in [0.05, 0.1) is 5.69 Å². The fourth-order valence-electron chi connectivity index (χ4n) is 4.71. The number of nitrogens with zero attached hydrogens (tertiary/aromatic N) is 4. The normalized spacial score (nSPS) is 14.5. The number of carbonyl (C=O) groups excluding carboxylic acids is 1. The van der Waals surface area contributed by atoms with Crippen LogP contribution in [0.25, 0.3) is 16.8 Å². The molecule has 1 amide bonds. The second-order valence-corrected chi connectivity index (χ2v) is 9.48. The van der Waals surface area contributed by atoms with Gasteiger partial charge in [-0.25, -0.2) is 9.50 Å². The molecule has 0 saturated carbocycles. The highest BCUT2D eigenvalue weighted by Gasteiger charge is 2.27. The molecule has 34 heavy (non-hydrogen) atoms. The van der Waals surface area contributed by atoms with Crippen LogP contribution in [0.15, 0.2) is 54.9 Å². The quantitative estimate of drug-likeness (QED) is 0.444. The zero-order valence-electron chi connectivity index (χ0n) is 20.3. The van der Waals surface area contributed by atoms with E-state index in [0.29, 0.717) is 0 Å². The van der Waals surface area contributed by atoms with E-state index in [1.165, 1.54) is 22.3 Å². The zero-order chi connectivity index (χ0) is 23.8. The Hall–Kier alpha value is -3.67. The predicted octanol–water partition coefficient (Wildman–Crippen LogP) is 5.49. The van der Waals surface area contributed by atoms with E-state index < -0.39 is 0 Å². The van der Waals surface area contributed by atoms with E-state index in [9.17, 15) is 4.79 Å². The van der Waals surface area contributed by atoms with E-state index in [4.69, 9.17) is 10.1 Å². The average Bonchev–Trinajstić information content (AvgIpc) is 3.27. The van der Waals surface area contributed by atoms with Gasteiger partial charge in [0, 0.05) is 42.7 Å². The van der Waals surface area contributed by atoms with Gasteiger partial charge >= 0.3 is 0 Å². The molecule has 1 aliphatic heterocycles. The van der Waals surface area contributed by atoms with E-state index in [0.717, 1.165) is 54.2 Å². The van der Waals surface area contributed by atoms with Crippen molar-refractivity contribution in [2.75, 3.05) is 23.3 Å². The van der Waals surface area contributed by atoms with Gasteiger partial charge < -0.3 is 10.2 Å². The highest BCUT2D eigenvalue weighted by Crippen LogP contribution is 2.30. The smallest absolute Gasteiger partial charge is 0.227 e. The number of aryl methyl sites for hydroxylation is 4. The van der Waals surface area contributed by atoms with Crippen LogP contribution < -0.4 is 10.2 Å². The largest absolute Gasteiger partial charge is 0.355 e. The molecule has 3 heterocycles. The van der Waals surface area contributed by atoms with Crippen LogP contribution in [0.3, 0.4) is 0 Å². The van der Waals surface area contributed by atoms with Gasteiger partial charge in [0.15, 0.2) is 5.82 Å². The number of amides is 1. The average molecular weight is 454 g/mol. The van der Waals surface area contributed by atoms with E-state index in [-0.39, 0.29) is 11.8 Å². The van der Waals surface area contributed by atoms with Crippen LogP contribution in [0.2, 0.25) is 0 Å². The maximum absolute atomic E-state index is 12.9. The van der Waals surface area contributed by atoms with Gasteiger partial charge in [-0.2, -0.15) is 5.10 Å². The highest BCUT2D eigenvalue weighted by atomic mass is 16.1. The first-order chi connectivity index (χ1) is 16.4. The molecule has 6 heteroatoms. The van der Waals surface area contributed by atoms with Crippen molar-refractivity contribution in [1.29, 1.82) is 0 Å². The molecule has 0 aliphatic carbocycles. The van der Waals surface area contributed by atoms with Crippen LogP contribution in [0.4, 0.5) is 11.5 Å². The number of anilines is 2. The number of rotatable bonds is 4. The van der Waals surface area contributed by atoms with Crippen molar-refractivity contribution in [2.45, 2.75) is 40.5 Å². The summed E-state index contributed by atoms with van der Waals surface area (Å²) in [6.07, 6.45) is 5.31. The molecular weight excluding hydrogens is 422 g/mol. The molecule has 0 unspecified atom stereocenters. The number of piperidine rings is 1. The molecule has 6 nitrogen and oxygen atoms in total. The maximum Gasteiger partial charge on any atom is 0.227 e. The number of benzene rings is 2. The number of carbonyl (C=O) groups is 1. The molecule has 1 N–H and O–H groups in total. The third-order valence-electron chi connectivity index (χ3n) is 6.98. The van der Waals surface area contributed by atoms with Gasteiger partial charge in [-0.3, -0.25) is 4.79 Å². The Balaban J connectivity index is 1.31. The second kappa shape index (κ2) is 8.93. The van der Waals surface area contributed by atoms with E-state index in [1.807, 2.05) is 22.8 Å². The number of aromatic nitrogens is 3. The maximum atomic E-state index is 12.9. The first-order valence-corrected chi connectivity index (χ1v) is 11.9. The van der Waals surface area contributed by atoms with Crippen LogP contribution in [-0.4, -0.2) is 33.6 Å². The fraction of sp³-hybridized carbons (Fsp3) is 0.321. The van der Waals surface area contributed by atoms with Crippen molar-refractivity contribution in [3.8, 4) is 11.3 Å². The Morgan fingerprint density at radius 2 is 1.71 bits per heavy atom. The first kappa shape index (κ1) is 22.1. The summed E-state index contributed by atoms with van der Waals surface area (Å²) < 4.78 is 1.91. The third kappa shape index (κ3) is 4.28. The van der Waals surface area contributed by atoms with Crippen LogP contribution in [0, 0.1) is 33.6 Å². The Labute approximate surface area is 200 Å². The number of nitrogens with one attached hydrogen (secondary N) is 1. The molecule has 174 valence electrons. The van der Waals surface area contributed by atoms with Crippen molar-refractivity contribution < 1.29 is 4.79 Å². The third-order valence-corrected chi connectivity index (χ3v) is 6.98. The molecule has 1 aliphatic rings. The highest BCUT2D eigenvalue weighted by molar-refractivity contribution is 5.93. The van der Waals surface area contributed by atoms with Crippen molar-refractivity contribution >= 4 is 22.9 Å². The summed E-state index contributed by atoms with van der Waals surface area (Å²) in [5, 5.41) is 7.94. The van der Waals surface area contributed by atoms with Crippen LogP contribution in [0.5, 0.6) is 0 Å². The Morgan fingerprint density at radius 1 is 0.941 bits per heavy atom. The Morgan fingerprint density at radius 3 is 2.47 bits per heavy atom. The van der Waals surface area contributed by atoms with Crippen LogP contribution >= 0.6 is 0 Å². The summed E-state index contributed by atoms with van der Waals surface area (Å²) in [7, 11) is 0. The molecule has 1 fully saturated rings. The van der Waals surface area contributed by atoms with Crippen molar-refractivity contribution in [1.82, 2.24) is 14.6 Å². The molecular formula is C28H31N5O. The zero-order valence-corrected chi connectivity index (χ0v) is 20.3. The van der Waals surface area contributed by atoms with Crippen molar-refractivity contribution in [3.05, 3.63) is 77.1 Å². The number of fused-ring (bicyclic) bond motifs is 1. The van der Waals surface area contributed by atoms with Gasteiger partial charge in [-0.15, -0.1) is 0 Å². The van der Waals surface area contributed by atoms with Crippen LogP contribution in [-0.2, 0) is 4.79 Å². The Bertz CT molecular complexity index is 1360. The van der Waals surface area contributed by atoms with E-state index in [2.05, 4.69) is 68.2 Å². The van der Waals surface area contributed by atoms with Gasteiger partial charge in [-0.1, -0.05) is 23.8 Å². The molecule has 4 aromatic rings. The standard InChI is InChI=1S/C28H31N5O/c1-18-5-6-20(3)24(15-18)25-17-26-27(29-11-14-33(26)31-25)32-12-9-22(10-13-32)28(34)30-23-8-7-19(2)21(4)16-23/h5-8,11,14-17,22H,9-10,12-13H2,1-4H3,(H,30,34). The lowest BCUT2D eigenvalue weighted by atomic mass is 9.95. The predicted molar refractivity (Wildman–Crippen MR) is 137 cm³/mol. The van der Waals surface area contributed by atoms with Crippen molar-refractivity contribution in [2.24, 2.45) is 5.92 Å². The monoisotopic (exact) mass is 453 g/mol. The summed E-state index contributed by atoms with van der Waals surface area (Å²) in [6, 6.07) is 14.7. The summed E-state index contributed by atoms with van der Waals surface area (Å²) in [4.78, 5) is 19.9. The lowest BCUT2D eigenvalue weighted by molar-refractivity contribution is -0.120. The molecule has 1 saturated heterocycles. The second-order valence-electron chi connectivity index (χ2n) is 9.48. The summed E-state index contributed by atoms with van der Waals surface area (Å²) >= 11 is 0. The van der Waals surface area contributed by atoms with Crippen molar-refractivity contribution in [3.63, 3.8) is 0 Å². The minimum atomic E-state index is 0.00741. The summed E-state index contributed by atoms with van der Waals surface area (Å²) in [5.41, 5.74) is 8.82. The molecule has 0 bridgehead atoms. The Kier molecular flexibility index (Phi) is 5.82. The summed E-state index contributed by atoms with van der Waals surface area (Å²) in [5.74, 6) is 1.04. The molecule has 0 spiro atoms. The van der Waals surface area contributed by atoms with Gasteiger partial charge in [0.2, 0.25) is 5.91 Å². The van der Waals surface area contributed by atoms with Gasteiger partial charge in [-0.05, 0) is 81.5 Å². The van der Waals surface area contributed by atoms with E-state index in [1.54, 1.807) is 6.20 Å². The molecule has 2 aromatic heterocycles. The van der Waals surface area contributed by atoms with Gasteiger partial charge in [0.25, 0.3) is 0 Å². The first-order valence-electron chi connectivity index (χ1n) is 11.9. The van der Waals surface area contributed by atoms with Gasteiger partial charge in [0.1, 0.15) is 5.52 Å². The lowest BCUT2D eigenvalue weighted by Gasteiger charge is -2.32. The molecule has 2 aromatic carbocycles. The lowest BCUT2D eigenvalue weighted by Crippen LogP contribution is -2.38. The summed E-state index contributed by atoms with van der Waals surface area (Å²) in [6.45, 7) is 9.96. The molecule has 5 rings (SSSR count).